The molecule has 4 saturated heterocycles. The molecular weight excluding hydrogens is 1840 g/mol. The Morgan fingerprint density at radius 3 is 0.853 bits per heavy atom. The molecule has 143 heavy (non-hydrogen) atoms. The number of aromatic nitrogens is 4. The van der Waals surface area contributed by atoms with Gasteiger partial charge in [-0.2, -0.15) is 21.0 Å². The standard InChI is InChI=1S/2C31H34N4O2.C29H36N4O4.C24H28N4O2.2ClH/c2*1-34(2)22-28-30(36-26-11-8-24(20-32)9-12-26)15-13-27-29(33-37-31(27)28)14-10-23-16-18-35(19-17-23)21-25-6-4-3-5-7-25;1-29(2,3)36-28(34)33-16-14-20(15-17-33)8-12-25-23-11-13-26(24(19-32(4)5)27(23)37-31-25)35-22-9-6-21(18-30)7-10-22;1-28(2)16-21-23(29-19-6-3-18(15-25)4-7-19)10-8-20-22(27-30-24(20)21)9-5-17-11-13-26-14-12-17;;/h2*3-9,11-13,15,23H,10,14,16-19,21-22H2,1-2H3;6-7,9-11,13,20H,8,12,14-17,19H2,1-5H3;3-4,6-8,10,17,26H,5,9,11-14,16H2,1-2H3;2*1H. The maximum Gasteiger partial charge on any atom is 0.410 e. The van der Waals surface area contributed by atoms with E-state index in [1.807, 2.05) is 149 Å². The first-order valence-corrected chi connectivity index (χ1v) is 49.6. The van der Waals surface area contributed by atoms with Crippen molar-refractivity contribution < 1.29 is 46.6 Å². The van der Waals surface area contributed by atoms with Crippen molar-refractivity contribution in [2.75, 3.05) is 109 Å². The number of amides is 1. The highest BCUT2D eigenvalue weighted by atomic mass is 35.5. The quantitative estimate of drug-likeness (QED) is 0.0409. The van der Waals surface area contributed by atoms with E-state index in [2.05, 4.69) is 158 Å². The van der Waals surface area contributed by atoms with E-state index in [9.17, 15) is 4.79 Å². The van der Waals surface area contributed by atoms with Gasteiger partial charge >= 0.3 is 6.09 Å². The number of piperidine rings is 4. The molecule has 4 aromatic heterocycles. The summed E-state index contributed by atoms with van der Waals surface area (Å²) in [4.78, 5) is 27.7. The number of ether oxygens (including phenoxy) is 5. The second kappa shape index (κ2) is 52.2. The monoisotopic (exact) mass is 1970 g/mol. The number of carbonyl (C=O) groups is 1. The zero-order valence-electron chi connectivity index (χ0n) is 84.3. The maximum absolute atomic E-state index is 12.3. The van der Waals surface area contributed by atoms with E-state index >= 15 is 0 Å². The summed E-state index contributed by atoms with van der Waals surface area (Å²) in [5.74, 6) is 8.44. The van der Waals surface area contributed by atoms with Crippen molar-refractivity contribution in [2.45, 2.75) is 168 Å². The van der Waals surface area contributed by atoms with Gasteiger partial charge in [0.1, 0.15) is 51.6 Å². The first-order valence-electron chi connectivity index (χ1n) is 49.6. The van der Waals surface area contributed by atoms with Gasteiger partial charge in [-0.3, -0.25) is 9.80 Å². The van der Waals surface area contributed by atoms with Crippen LogP contribution in [0.5, 0.6) is 46.0 Å². The number of fused-ring (bicyclic) bond motifs is 4. The Balaban J connectivity index is 0.000000160. The summed E-state index contributed by atoms with van der Waals surface area (Å²) in [5.41, 5.74) is 15.8. The number of hydrogen-bond acceptors (Lipinski definition) is 25. The Kier molecular flexibility index (Phi) is 39.1. The molecule has 4 aliphatic heterocycles. The fourth-order valence-electron chi connectivity index (χ4n) is 19.0. The molecule has 14 aromatic rings. The number of carbonyl (C=O) groups excluding carboxylic acids is 1. The van der Waals surface area contributed by atoms with Crippen molar-refractivity contribution in [1.29, 1.82) is 21.0 Å². The van der Waals surface area contributed by atoms with Gasteiger partial charge in [0.2, 0.25) is 0 Å². The molecule has 18 rings (SSSR count). The van der Waals surface area contributed by atoms with Crippen molar-refractivity contribution in [2.24, 2.45) is 23.7 Å². The fourth-order valence-corrected chi connectivity index (χ4v) is 19.0. The molecule has 0 aliphatic carbocycles. The van der Waals surface area contributed by atoms with Gasteiger partial charge in [0.25, 0.3) is 0 Å². The third-order valence-electron chi connectivity index (χ3n) is 26.6. The summed E-state index contributed by atoms with van der Waals surface area (Å²) in [5, 5.41) is 61.6. The van der Waals surface area contributed by atoms with Crippen LogP contribution in [0.15, 0.2) is 224 Å². The normalized spacial score (nSPS) is 14.6. The van der Waals surface area contributed by atoms with Crippen molar-refractivity contribution in [1.82, 2.24) is 60.2 Å². The fraction of sp³-hybridized carbons (Fsp3) is 0.400. The molecule has 28 heteroatoms. The van der Waals surface area contributed by atoms with Gasteiger partial charge in [-0.05, 0) is 400 Å². The van der Waals surface area contributed by atoms with Crippen LogP contribution in [0, 0.1) is 69.0 Å². The highest BCUT2D eigenvalue weighted by Crippen LogP contribution is 2.42. The van der Waals surface area contributed by atoms with Crippen LogP contribution < -0.4 is 24.3 Å². The number of rotatable bonds is 32. The van der Waals surface area contributed by atoms with Crippen LogP contribution in [0.1, 0.15) is 176 Å². The van der Waals surface area contributed by atoms with Gasteiger partial charge in [-0.15, -0.1) is 24.8 Å². The Labute approximate surface area is 853 Å². The minimum atomic E-state index is -0.472. The zero-order valence-corrected chi connectivity index (χ0v) is 85.9. The molecule has 4 aliphatic rings. The predicted octanol–water partition coefficient (Wildman–Crippen LogP) is 24.3. The topological polar surface area (TPSA) is 297 Å². The minimum absolute atomic E-state index is 0. The van der Waals surface area contributed by atoms with Crippen LogP contribution in [-0.2, 0) is 69.7 Å². The van der Waals surface area contributed by atoms with Gasteiger partial charge in [-0.1, -0.05) is 81.3 Å². The molecule has 0 spiro atoms. The lowest BCUT2D eigenvalue weighted by atomic mass is 9.91. The lowest BCUT2D eigenvalue weighted by Gasteiger charge is -2.33. The van der Waals surface area contributed by atoms with Crippen LogP contribution in [0.2, 0.25) is 0 Å². The molecule has 0 unspecified atom stereocenters. The summed E-state index contributed by atoms with van der Waals surface area (Å²) in [7, 11) is 16.2. The smallest absolute Gasteiger partial charge is 0.410 e. The molecule has 8 heterocycles. The van der Waals surface area contributed by atoms with Crippen LogP contribution in [0.3, 0.4) is 0 Å². The molecular formula is C115H134Cl2N16O10. The Morgan fingerprint density at radius 2 is 0.608 bits per heavy atom. The largest absolute Gasteiger partial charge is 0.457 e. The summed E-state index contributed by atoms with van der Waals surface area (Å²) >= 11 is 0. The average molecular weight is 1970 g/mol. The Bertz CT molecular complexity index is 6370. The number of likely N-dealkylation sites (tertiary alicyclic amines) is 3. The van der Waals surface area contributed by atoms with Crippen LogP contribution in [0.4, 0.5) is 4.79 Å². The number of hydrogen-bond donors (Lipinski definition) is 1. The second-order valence-electron chi connectivity index (χ2n) is 39.8. The van der Waals surface area contributed by atoms with E-state index in [0.29, 0.717) is 83.1 Å². The van der Waals surface area contributed by atoms with E-state index in [4.69, 9.17) is 62.8 Å². The molecule has 26 nitrogen and oxygen atoms in total. The van der Waals surface area contributed by atoms with E-state index in [-0.39, 0.29) is 30.9 Å². The predicted molar refractivity (Wildman–Crippen MR) is 563 cm³/mol. The average Bonchev–Trinajstić information content (AvgIpc) is 1.67. The third kappa shape index (κ3) is 30.2. The number of aryl methyl sites for hydroxylation is 4. The van der Waals surface area contributed by atoms with E-state index in [1.54, 1.807) is 60.7 Å². The molecule has 0 bridgehead atoms. The molecule has 4 fully saturated rings. The number of nitrogens with one attached hydrogen (secondary N) is 1. The summed E-state index contributed by atoms with van der Waals surface area (Å²) < 4.78 is 53.8. The van der Waals surface area contributed by atoms with Gasteiger partial charge in [0, 0.05) is 73.9 Å². The SMILES string of the molecule is CN(C)Cc1c(Oc2ccc(C#N)cc2)ccc2c(CCC3CCN(C(=O)OC(C)(C)C)CC3)noc12.CN(C)Cc1c(Oc2ccc(C#N)cc2)ccc2c(CCC3CCN(Cc4ccccc4)CC3)noc12.CN(C)Cc1c(Oc2ccc(C#N)cc2)ccc2c(CCC3CCN(Cc4ccccc4)CC3)noc12.CN(C)Cc1c(Oc2ccc(C#N)cc2)ccc2c(CCC3CCNCC3)noc12.Cl.Cl. The Morgan fingerprint density at radius 1 is 0.357 bits per heavy atom. The first kappa shape index (κ1) is 107. The van der Waals surface area contributed by atoms with Crippen molar-refractivity contribution in [3.8, 4) is 70.3 Å². The second-order valence-corrected chi connectivity index (χ2v) is 39.8. The molecule has 10 aromatic carbocycles. The molecule has 1 amide bonds. The maximum atomic E-state index is 12.3. The van der Waals surface area contributed by atoms with Crippen molar-refractivity contribution in [3.63, 3.8) is 0 Å². The van der Waals surface area contributed by atoms with E-state index in [0.717, 1.165) is 254 Å². The number of nitrogens with zero attached hydrogens (tertiary/aromatic N) is 15. The lowest BCUT2D eigenvalue weighted by Crippen LogP contribution is -2.41. The van der Waals surface area contributed by atoms with Gasteiger partial charge < -0.3 is 71.6 Å². The van der Waals surface area contributed by atoms with Crippen LogP contribution >= 0.6 is 24.8 Å². The van der Waals surface area contributed by atoms with Crippen molar-refractivity contribution in [3.05, 3.63) is 285 Å². The summed E-state index contributed by atoms with van der Waals surface area (Å²) in [6, 6.07) is 74.8. The van der Waals surface area contributed by atoms with Crippen molar-refractivity contribution >= 4 is 74.8 Å². The van der Waals surface area contributed by atoms with Gasteiger partial charge in [0.05, 0.1) is 91.6 Å². The van der Waals surface area contributed by atoms with Crippen LogP contribution in [-0.4, -0.2) is 175 Å². The highest BCUT2D eigenvalue weighted by molar-refractivity contribution is 5.88. The van der Waals surface area contributed by atoms with Crippen LogP contribution in [0.25, 0.3) is 43.9 Å². The first-order chi connectivity index (χ1) is 68.4. The molecule has 0 atom stereocenters. The van der Waals surface area contributed by atoms with Gasteiger partial charge in [0.15, 0.2) is 22.3 Å². The number of nitriles is 4. The lowest BCUT2D eigenvalue weighted by molar-refractivity contribution is 0.0181. The van der Waals surface area contributed by atoms with Gasteiger partial charge in [-0.25, -0.2) is 4.79 Å². The summed E-state index contributed by atoms with van der Waals surface area (Å²) in [6.45, 7) is 18.8. The molecule has 0 saturated carbocycles. The zero-order chi connectivity index (χ0) is 98.7. The highest BCUT2D eigenvalue weighted by Gasteiger charge is 2.31. The number of benzene rings is 10. The summed E-state index contributed by atoms with van der Waals surface area (Å²) in [6.07, 6.45) is 17.1. The van der Waals surface area contributed by atoms with E-state index < -0.39 is 5.60 Å². The third-order valence-corrected chi connectivity index (χ3v) is 26.6. The molecule has 0 radical (unpaired) electrons. The number of halogens is 2. The Hall–Kier alpha value is -13.2. The van der Waals surface area contributed by atoms with E-state index in [1.165, 1.54) is 49.7 Å². The molecule has 1 N–H and O–H groups in total. The molecule has 748 valence electrons. The minimum Gasteiger partial charge on any atom is -0.457 e.